The standard InChI is InChI=1S/C23H29ClN6O3S/c24-17-3-5-18(6-4-17)26-20(32)21-27-28-22(34-21)23(33)30-12-7-16(8-13-30)15-19(31)25-9-14-29-10-1-2-11-29/h3-6,16H,1-2,7-15H2,(H,25,31)(H,26,32). The summed E-state index contributed by atoms with van der Waals surface area (Å²) in [7, 11) is 0. The van der Waals surface area contributed by atoms with E-state index in [4.69, 9.17) is 11.6 Å². The van der Waals surface area contributed by atoms with Crippen molar-refractivity contribution in [1.82, 2.24) is 25.3 Å². The van der Waals surface area contributed by atoms with Gasteiger partial charge in [0, 0.05) is 43.3 Å². The molecule has 2 N–H and O–H groups in total. The third-order valence-electron chi connectivity index (χ3n) is 6.23. The molecule has 3 amide bonds. The fourth-order valence-corrected chi connectivity index (χ4v) is 5.12. The van der Waals surface area contributed by atoms with E-state index in [1.165, 1.54) is 12.8 Å². The maximum Gasteiger partial charge on any atom is 0.286 e. The highest BCUT2D eigenvalue weighted by atomic mass is 35.5. The number of rotatable bonds is 8. The molecule has 0 atom stereocenters. The number of anilines is 1. The summed E-state index contributed by atoms with van der Waals surface area (Å²) >= 11 is 6.83. The van der Waals surface area contributed by atoms with E-state index >= 15 is 0 Å². The predicted molar refractivity (Wildman–Crippen MR) is 131 cm³/mol. The number of nitrogens with one attached hydrogen (secondary N) is 2. The van der Waals surface area contributed by atoms with Crippen LogP contribution in [0.25, 0.3) is 0 Å². The first-order valence-corrected chi connectivity index (χ1v) is 12.9. The van der Waals surface area contributed by atoms with Gasteiger partial charge in [0.2, 0.25) is 15.9 Å². The fraction of sp³-hybridized carbons (Fsp3) is 0.522. The molecule has 1 aromatic heterocycles. The van der Waals surface area contributed by atoms with Gasteiger partial charge >= 0.3 is 0 Å². The van der Waals surface area contributed by atoms with Crippen LogP contribution in [0, 0.1) is 5.92 Å². The molecule has 11 heteroatoms. The number of carbonyl (C=O) groups is 3. The quantitative estimate of drug-likeness (QED) is 0.572. The summed E-state index contributed by atoms with van der Waals surface area (Å²) in [6, 6.07) is 6.72. The zero-order valence-corrected chi connectivity index (χ0v) is 20.5. The highest BCUT2D eigenvalue weighted by Gasteiger charge is 2.28. The molecule has 3 heterocycles. The van der Waals surface area contributed by atoms with Gasteiger partial charge < -0.3 is 20.4 Å². The molecule has 2 aromatic rings. The van der Waals surface area contributed by atoms with Gasteiger partial charge in [0.25, 0.3) is 11.8 Å². The minimum atomic E-state index is -0.423. The molecule has 0 aliphatic carbocycles. The van der Waals surface area contributed by atoms with Gasteiger partial charge in [-0.2, -0.15) is 0 Å². The van der Waals surface area contributed by atoms with Crippen molar-refractivity contribution in [3.8, 4) is 0 Å². The van der Waals surface area contributed by atoms with Gasteiger partial charge in [-0.25, -0.2) is 0 Å². The lowest BCUT2D eigenvalue weighted by atomic mass is 9.93. The Hall–Kier alpha value is -2.56. The van der Waals surface area contributed by atoms with Crippen molar-refractivity contribution in [2.45, 2.75) is 32.1 Å². The van der Waals surface area contributed by atoms with Crippen molar-refractivity contribution >= 4 is 46.3 Å². The number of benzene rings is 1. The maximum atomic E-state index is 12.8. The number of piperidine rings is 1. The molecule has 0 spiro atoms. The molecule has 2 saturated heterocycles. The average molecular weight is 505 g/mol. The topological polar surface area (TPSA) is 108 Å². The number of hydrogen-bond acceptors (Lipinski definition) is 7. The zero-order chi connectivity index (χ0) is 23.9. The minimum Gasteiger partial charge on any atom is -0.355 e. The van der Waals surface area contributed by atoms with Gasteiger partial charge in [0.15, 0.2) is 0 Å². The van der Waals surface area contributed by atoms with Gasteiger partial charge in [-0.3, -0.25) is 14.4 Å². The van der Waals surface area contributed by atoms with Crippen LogP contribution < -0.4 is 10.6 Å². The third kappa shape index (κ3) is 6.74. The van der Waals surface area contributed by atoms with E-state index in [0.29, 0.717) is 36.8 Å². The predicted octanol–water partition coefficient (Wildman–Crippen LogP) is 2.90. The Morgan fingerprint density at radius 3 is 2.38 bits per heavy atom. The molecule has 2 aliphatic heterocycles. The summed E-state index contributed by atoms with van der Waals surface area (Å²) in [5.74, 6) is -0.291. The SMILES string of the molecule is O=C(CC1CCN(C(=O)c2nnc(C(=O)Nc3ccc(Cl)cc3)s2)CC1)NCCN1CCCC1. The molecule has 182 valence electrons. The van der Waals surface area contributed by atoms with Crippen LogP contribution in [0.3, 0.4) is 0 Å². The van der Waals surface area contributed by atoms with Crippen LogP contribution in [-0.4, -0.2) is 77.0 Å². The van der Waals surface area contributed by atoms with Crippen LogP contribution in [0.5, 0.6) is 0 Å². The summed E-state index contributed by atoms with van der Waals surface area (Å²) in [5.41, 5.74) is 0.583. The van der Waals surface area contributed by atoms with Gasteiger partial charge in [-0.05, 0) is 69.0 Å². The molecule has 2 aliphatic rings. The number of nitrogens with zero attached hydrogens (tertiary/aromatic N) is 4. The Labute approximate surface area is 207 Å². The fourth-order valence-electron chi connectivity index (χ4n) is 4.29. The van der Waals surface area contributed by atoms with Crippen LogP contribution in [0.2, 0.25) is 5.02 Å². The second-order valence-electron chi connectivity index (χ2n) is 8.71. The summed E-state index contributed by atoms with van der Waals surface area (Å²) < 4.78 is 0. The second-order valence-corrected chi connectivity index (χ2v) is 10.1. The van der Waals surface area contributed by atoms with Crippen LogP contribution >= 0.6 is 22.9 Å². The molecule has 9 nitrogen and oxygen atoms in total. The minimum absolute atomic E-state index is 0.0874. The van der Waals surface area contributed by atoms with Crippen LogP contribution in [0.4, 0.5) is 5.69 Å². The highest BCUT2D eigenvalue weighted by molar-refractivity contribution is 7.15. The maximum absolute atomic E-state index is 12.8. The van der Waals surface area contributed by atoms with Crippen molar-refractivity contribution < 1.29 is 14.4 Å². The summed E-state index contributed by atoms with van der Waals surface area (Å²) in [4.78, 5) is 41.6. The van der Waals surface area contributed by atoms with E-state index < -0.39 is 5.91 Å². The number of hydrogen-bond donors (Lipinski definition) is 2. The molecule has 2 fully saturated rings. The van der Waals surface area contributed by atoms with E-state index in [1.54, 1.807) is 29.2 Å². The largest absolute Gasteiger partial charge is 0.355 e. The Bertz CT molecular complexity index is 1000. The Kier molecular flexibility index (Phi) is 8.47. The lowest BCUT2D eigenvalue weighted by molar-refractivity contribution is -0.122. The van der Waals surface area contributed by atoms with Crippen molar-refractivity contribution in [3.63, 3.8) is 0 Å². The molecular weight excluding hydrogens is 476 g/mol. The second kappa shape index (κ2) is 11.7. The highest BCUT2D eigenvalue weighted by Crippen LogP contribution is 2.23. The van der Waals surface area contributed by atoms with E-state index in [2.05, 4.69) is 25.7 Å². The van der Waals surface area contributed by atoms with Crippen LogP contribution in [0.1, 0.15) is 51.7 Å². The Balaban J connectivity index is 1.19. The first kappa shape index (κ1) is 24.6. The van der Waals surface area contributed by atoms with E-state index in [0.717, 1.165) is 43.8 Å². The average Bonchev–Trinajstić information content (AvgIpc) is 3.53. The van der Waals surface area contributed by atoms with Crippen molar-refractivity contribution in [2.75, 3.05) is 44.6 Å². The zero-order valence-electron chi connectivity index (χ0n) is 19.0. The van der Waals surface area contributed by atoms with Gasteiger partial charge in [-0.1, -0.05) is 22.9 Å². The van der Waals surface area contributed by atoms with Crippen LogP contribution in [0.15, 0.2) is 24.3 Å². The monoisotopic (exact) mass is 504 g/mol. The number of carbonyl (C=O) groups excluding carboxylic acids is 3. The summed E-state index contributed by atoms with van der Waals surface area (Å²) in [6.07, 6.45) is 4.54. The molecule has 0 bridgehead atoms. The normalized spacial score (nSPS) is 17.0. The summed E-state index contributed by atoms with van der Waals surface area (Å²) in [5, 5.41) is 14.4. The number of halogens is 1. The first-order chi connectivity index (χ1) is 16.5. The first-order valence-electron chi connectivity index (χ1n) is 11.7. The van der Waals surface area contributed by atoms with E-state index in [-0.39, 0.29) is 27.7 Å². The van der Waals surface area contributed by atoms with Crippen molar-refractivity contribution in [2.24, 2.45) is 5.92 Å². The number of amides is 3. The van der Waals surface area contributed by atoms with Crippen molar-refractivity contribution in [1.29, 1.82) is 0 Å². The van der Waals surface area contributed by atoms with E-state index in [9.17, 15) is 14.4 Å². The number of likely N-dealkylation sites (tertiary alicyclic amines) is 2. The molecule has 1 aromatic carbocycles. The number of aromatic nitrogens is 2. The molecular formula is C23H29ClN6O3S. The molecule has 4 rings (SSSR count). The van der Waals surface area contributed by atoms with Gasteiger partial charge in [0.1, 0.15) is 0 Å². The lowest BCUT2D eigenvalue weighted by Crippen LogP contribution is -2.40. The Morgan fingerprint density at radius 2 is 1.68 bits per heavy atom. The summed E-state index contributed by atoms with van der Waals surface area (Å²) in [6.45, 7) is 5.01. The Morgan fingerprint density at radius 1 is 1.00 bits per heavy atom. The third-order valence-corrected chi connectivity index (χ3v) is 7.39. The molecule has 34 heavy (non-hydrogen) atoms. The van der Waals surface area contributed by atoms with Crippen molar-refractivity contribution in [3.05, 3.63) is 39.3 Å². The molecule has 0 radical (unpaired) electrons. The molecule has 0 unspecified atom stereocenters. The van der Waals surface area contributed by atoms with E-state index in [1.807, 2.05) is 0 Å². The smallest absolute Gasteiger partial charge is 0.286 e. The van der Waals surface area contributed by atoms with Gasteiger partial charge in [-0.15, -0.1) is 10.2 Å². The van der Waals surface area contributed by atoms with Gasteiger partial charge in [0.05, 0.1) is 0 Å². The van der Waals surface area contributed by atoms with Crippen LogP contribution in [-0.2, 0) is 4.79 Å². The molecule has 0 saturated carbocycles. The lowest BCUT2D eigenvalue weighted by Gasteiger charge is -2.31.